The Balaban J connectivity index is 2.03. The fraction of sp³-hybridized carbons (Fsp3) is 0.238. The van der Waals surface area contributed by atoms with Crippen LogP contribution in [0.4, 0.5) is 10.5 Å². The van der Waals surface area contributed by atoms with E-state index in [1.165, 1.54) is 14.2 Å². The van der Waals surface area contributed by atoms with Crippen LogP contribution in [0.2, 0.25) is 5.02 Å². The second-order valence-corrected chi connectivity index (χ2v) is 6.91. The summed E-state index contributed by atoms with van der Waals surface area (Å²) in [5, 5.41) is 8.69. The summed E-state index contributed by atoms with van der Waals surface area (Å²) in [5.41, 5.74) is 1.75. The first-order chi connectivity index (χ1) is 14.4. The minimum absolute atomic E-state index is 0.320. The molecular formula is C21H22ClN3O5. The molecule has 0 spiro atoms. The number of allylic oxidation sites excluding steroid dienone is 1. The molecule has 0 bridgehead atoms. The molecule has 0 aliphatic carbocycles. The van der Waals surface area contributed by atoms with E-state index < -0.39 is 18.0 Å². The van der Waals surface area contributed by atoms with Gasteiger partial charge in [-0.05, 0) is 37.3 Å². The van der Waals surface area contributed by atoms with Crippen LogP contribution in [-0.2, 0) is 4.79 Å². The molecule has 3 amide bonds. The second-order valence-electron chi connectivity index (χ2n) is 6.48. The van der Waals surface area contributed by atoms with Crippen molar-refractivity contribution in [1.82, 2.24) is 10.6 Å². The highest BCUT2D eigenvalue weighted by atomic mass is 35.5. The minimum Gasteiger partial charge on any atom is -0.497 e. The van der Waals surface area contributed by atoms with E-state index in [2.05, 4.69) is 16.0 Å². The van der Waals surface area contributed by atoms with E-state index in [0.29, 0.717) is 44.8 Å². The van der Waals surface area contributed by atoms with E-state index in [1.54, 1.807) is 50.4 Å². The summed E-state index contributed by atoms with van der Waals surface area (Å²) < 4.78 is 16.0. The van der Waals surface area contributed by atoms with Crippen LogP contribution in [0.1, 0.15) is 18.5 Å². The van der Waals surface area contributed by atoms with Crippen LogP contribution in [0.25, 0.3) is 0 Å². The molecule has 3 rings (SSSR count). The van der Waals surface area contributed by atoms with Crippen molar-refractivity contribution >= 4 is 29.2 Å². The molecule has 3 N–H and O–H groups in total. The smallest absolute Gasteiger partial charge is 0.319 e. The molecule has 1 aliphatic heterocycles. The van der Waals surface area contributed by atoms with Gasteiger partial charge in [0.1, 0.15) is 17.2 Å². The molecule has 1 atom stereocenters. The van der Waals surface area contributed by atoms with E-state index >= 15 is 0 Å². The zero-order valence-electron chi connectivity index (χ0n) is 17.0. The zero-order valence-corrected chi connectivity index (χ0v) is 17.7. The maximum Gasteiger partial charge on any atom is 0.319 e. The summed E-state index contributed by atoms with van der Waals surface area (Å²) in [5.74, 6) is 1.09. The third-order valence-electron chi connectivity index (χ3n) is 4.68. The summed E-state index contributed by atoms with van der Waals surface area (Å²) in [6.45, 7) is 1.66. The van der Waals surface area contributed by atoms with Crippen molar-refractivity contribution in [3.8, 4) is 17.2 Å². The molecule has 1 aliphatic rings. The Labute approximate surface area is 179 Å². The molecule has 0 unspecified atom stereocenters. The fourth-order valence-electron chi connectivity index (χ4n) is 3.25. The third kappa shape index (κ3) is 4.28. The van der Waals surface area contributed by atoms with Gasteiger partial charge >= 0.3 is 6.03 Å². The predicted octanol–water partition coefficient (Wildman–Crippen LogP) is 3.63. The van der Waals surface area contributed by atoms with Crippen LogP contribution in [0.3, 0.4) is 0 Å². The zero-order chi connectivity index (χ0) is 21.8. The van der Waals surface area contributed by atoms with Gasteiger partial charge in [-0.1, -0.05) is 11.6 Å². The molecule has 9 heteroatoms. The van der Waals surface area contributed by atoms with Crippen LogP contribution < -0.4 is 30.2 Å². The van der Waals surface area contributed by atoms with Crippen LogP contribution in [0.15, 0.2) is 47.7 Å². The van der Waals surface area contributed by atoms with Crippen molar-refractivity contribution in [1.29, 1.82) is 0 Å². The van der Waals surface area contributed by atoms with Gasteiger partial charge < -0.3 is 30.2 Å². The molecule has 0 aromatic heterocycles. The number of anilines is 1. The maximum absolute atomic E-state index is 13.2. The highest BCUT2D eigenvalue weighted by Gasteiger charge is 2.33. The number of rotatable bonds is 6. The Morgan fingerprint density at radius 1 is 1.03 bits per heavy atom. The average Bonchev–Trinajstić information content (AvgIpc) is 2.72. The molecule has 8 nitrogen and oxygen atoms in total. The first-order valence-electron chi connectivity index (χ1n) is 9.03. The highest BCUT2D eigenvalue weighted by molar-refractivity contribution is 6.31. The number of amides is 3. The van der Waals surface area contributed by atoms with E-state index in [0.717, 1.165) is 0 Å². The van der Waals surface area contributed by atoms with Gasteiger partial charge in [0.05, 0.1) is 38.6 Å². The SMILES string of the molecule is COc1ccc([C@@H]2NC(=O)NC(C)=C2C(=O)Nc2cc(Cl)ccc2OC)c(OC)c1. The largest absolute Gasteiger partial charge is 0.497 e. The van der Waals surface area contributed by atoms with Gasteiger partial charge in [-0.25, -0.2) is 4.79 Å². The van der Waals surface area contributed by atoms with Gasteiger partial charge in [0.2, 0.25) is 0 Å². The quantitative estimate of drug-likeness (QED) is 0.648. The Hall–Kier alpha value is -3.39. The van der Waals surface area contributed by atoms with Gasteiger partial charge in [0.15, 0.2) is 0 Å². The molecule has 0 radical (unpaired) electrons. The average molecular weight is 432 g/mol. The van der Waals surface area contributed by atoms with Crippen LogP contribution >= 0.6 is 11.6 Å². The van der Waals surface area contributed by atoms with Crippen molar-refractivity contribution in [3.63, 3.8) is 0 Å². The third-order valence-corrected chi connectivity index (χ3v) is 4.91. The number of benzene rings is 2. The molecule has 0 saturated heterocycles. The summed E-state index contributed by atoms with van der Waals surface area (Å²) >= 11 is 6.07. The van der Waals surface area contributed by atoms with Gasteiger partial charge in [0, 0.05) is 22.3 Å². The number of halogens is 1. The van der Waals surface area contributed by atoms with Gasteiger partial charge in [-0.15, -0.1) is 0 Å². The summed E-state index contributed by atoms with van der Waals surface area (Å²) in [6, 6.07) is 8.90. The monoisotopic (exact) mass is 431 g/mol. The molecule has 0 saturated carbocycles. The van der Waals surface area contributed by atoms with Crippen molar-refractivity contribution in [2.75, 3.05) is 26.6 Å². The Kier molecular flexibility index (Phi) is 6.37. The molecule has 0 fully saturated rings. The number of hydrogen-bond donors (Lipinski definition) is 3. The number of urea groups is 1. The van der Waals surface area contributed by atoms with E-state index in [9.17, 15) is 9.59 Å². The van der Waals surface area contributed by atoms with Crippen molar-refractivity contribution < 1.29 is 23.8 Å². The fourth-order valence-corrected chi connectivity index (χ4v) is 3.42. The van der Waals surface area contributed by atoms with Crippen molar-refractivity contribution in [3.05, 3.63) is 58.3 Å². The first-order valence-corrected chi connectivity index (χ1v) is 9.40. The molecule has 1 heterocycles. The normalized spacial score (nSPS) is 15.8. The van der Waals surface area contributed by atoms with Crippen LogP contribution in [0, 0.1) is 0 Å². The lowest BCUT2D eigenvalue weighted by molar-refractivity contribution is -0.113. The van der Waals surface area contributed by atoms with E-state index in [1.807, 2.05) is 0 Å². The van der Waals surface area contributed by atoms with Gasteiger partial charge in [-0.2, -0.15) is 0 Å². The minimum atomic E-state index is -0.746. The van der Waals surface area contributed by atoms with Gasteiger partial charge in [-0.3, -0.25) is 4.79 Å². The molecule has 158 valence electrons. The Morgan fingerprint density at radius 2 is 1.77 bits per heavy atom. The molecule has 2 aromatic carbocycles. The lowest BCUT2D eigenvalue weighted by Crippen LogP contribution is -2.46. The number of carbonyl (C=O) groups is 2. The summed E-state index contributed by atoms with van der Waals surface area (Å²) in [6.07, 6.45) is 0. The number of methoxy groups -OCH3 is 3. The number of nitrogens with one attached hydrogen (secondary N) is 3. The van der Waals surface area contributed by atoms with Gasteiger partial charge in [0.25, 0.3) is 5.91 Å². The lowest BCUT2D eigenvalue weighted by Gasteiger charge is -2.29. The second kappa shape index (κ2) is 8.96. The molecular weight excluding hydrogens is 410 g/mol. The molecule has 2 aromatic rings. The highest BCUT2D eigenvalue weighted by Crippen LogP contribution is 2.36. The topological polar surface area (TPSA) is 97.9 Å². The van der Waals surface area contributed by atoms with Crippen molar-refractivity contribution in [2.24, 2.45) is 0 Å². The number of hydrogen-bond acceptors (Lipinski definition) is 5. The molecule has 30 heavy (non-hydrogen) atoms. The first kappa shape index (κ1) is 21.3. The van der Waals surface area contributed by atoms with E-state index in [-0.39, 0.29) is 0 Å². The Morgan fingerprint density at radius 3 is 2.43 bits per heavy atom. The maximum atomic E-state index is 13.2. The van der Waals surface area contributed by atoms with Crippen LogP contribution in [-0.4, -0.2) is 33.3 Å². The number of ether oxygens (including phenoxy) is 3. The summed E-state index contributed by atoms with van der Waals surface area (Å²) in [7, 11) is 4.55. The number of carbonyl (C=O) groups excluding carboxylic acids is 2. The predicted molar refractivity (Wildman–Crippen MR) is 113 cm³/mol. The standard InChI is InChI=1S/C21H22ClN3O5/c1-11-18(20(26)24-15-9-12(22)5-8-16(15)29-3)19(25-21(27)23-11)14-7-6-13(28-2)10-17(14)30-4/h5-10,19H,1-4H3,(H,24,26)(H2,23,25,27)/t19-/m0/s1. The Bertz CT molecular complexity index is 1020. The lowest BCUT2D eigenvalue weighted by atomic mass is 9.94. The van der Waals surface area contributed by atoms with Crippen LogP contribution in [0.5, 0.6) is 17.2 Å². The van der Waals surface area contributed by atoms with E-state index in [4.69, 9.17) is 25.8 Å². The summed E-state index contributed by atoms with van der Waals surface area (Å²) in [4.78, 5) is 25.4. The van der Waals surface area contributed by atoms with Crippen molar-refractivity contribution in [2.45, 2.75) is 13.0 Å².